The van der Waals surface area contributed by atoms with Crippen molar-refractivity contribution in [2.24, 2.45) is 5.92 Å². The predicted molar refractivity (Wildman–Crippen MR) is 64.8 cm³/mol. The van der Waals surface area contributed by atoms with Crippen molar-refractivity contribution in [3.05, 3.63) is 11.7 Å². The second kappa shape index (κ2) is 5.36. The summed E-state index contributed by atoms with van der Waals surface area (Å²) in [6.45, 7) is 1.67. The summed E-state index contributed by atoms with van der Waals surface area (Å²) in [7, 11) is -2.82. The molecular formula is C11H18N2O4S. The Morgan fingerprint density at radius 2 is 2.11 bits per heavy atom. The Kier molecular flexibility index (Phi) is 4.01. The highest BCUT2D eigenvalue weighted by Gasteiger charge is 2.25. The van der Waals surface area contributed by atoms with Crippen molar-refractivity contribution >= 4 is 9.84 Å². The van der Waals surface area contributed by atoms with Gasteiger partial charge in [0.15, 0.2) is 5.82 Å². The van der Waals surface area contributed by atoms with Crippen LogP contribution in [0.4, 0.5) is 0 Å². The quantitative estimate of drug-likeness (QED) is 0.852. The van der Waals surface area contributed by atoms with E-state index in [0.29, 0.717) is 43.3 Å². The van der Waals surface area contributed by atoms with Crippen molar-refractivity contribution in [2.75, 3.05) is 11.5 Å². The van der Waals surface area contributed by atoms with E-state index in [2.05, 4.69) is 10.1 Å². The van der Waals surface area contributed by atoms with Crippen LogP contribution in [0.25, 0.3) is 0 Å². The summed E-state index contributed by atoms with van der Waals surface area (Å²) in [6, 6.07) is 0. The molecule has 1 unspecified atom stereocenters. The zero-order valence-corrected chi connectivity index (χ0v) is 11.2. The Labute approximate surface area is 106 Å². The summed E-state index contributed by atoms with van der Waals surface area (Å²) in [5.74, 6) is 1.85. The summed E-state index contributed by atoms with van der Waals surface area (Å²) in [6.07, 6.45) is 1.84. The van der Waals surface area contributed by atoms with Crippen molar-refractivity contribution in [1.82, 2.24) is 10.1 Å². The smallest absolute Gasteiger partial charge is 0.226 e. The van der Waals surface area contributed by atoms with E-state index in [4.69, 9.17) is 4.52 Å². The van der Waals surface area contributed by atoms with Crippen LogP contribution in [0.1, 0.15) is 31.5 Å². The maximum Gasteiger partial charge on any atom is 0.226 e. The highest BCUT2D eigenvalue weighted by atomic mass is 32.2. The average molecular weight is 274 g/mol. The third-order valence-electron chi connectivity index (χ3n) is 3.13. The topological polar surface area (TPSA) is 93.3 Å². The van der Waals surface area contributed by atoms with Crippen molar-refractivity contribution in [2.45, 2.75) is 38.7 Å². The van der Waals surface area contributed by atoms with Gasteiger partial charge < -0.3 is 9.63 Å². The lowest BCUT2D eigenvalue weighted by atomic mass is 9.99. The first kappa shape index (κ1) is 13.5. The van der Waals surface area contributed by atoms with Gasteiger partial charge in [0.25, 0.3) is 0 Å². The number of hydrogen-bond donors (Lipinski definition) is 1. The molecule has 1 atom stereocenters. The van der Waals surface area contributed by atoms with Crippen molar-refractivity contribution in [3.8, 4) is 0 Å². The lowest BCUT2D eigenvalue weighted by Crippen LogP contribution is -2.24. The predicted octanol–water partition coefficient (Wildman–Crippen LogP) is 0.360. The molecule has 1 saturated heterocycles. The first-order valence-corrected chi connectivity index (χ1v) is 7.97. The largest absolute Gasteiger partial charge is 0.393 e. The van der Waals surface area contributed by atoms with Gasteiger partial charge >= 0.3 is 0 Å². The summed E-state index contributed by atoms with van der Waals surface area (Å²) < 4.78 is 27.7. The van der Waals surface area contributed by atoms with E-state index in [1.54, 1.807) is 6.92 Å². The van der Waals surface area contributed by atoms with E-state index in [1.807, 2.05) is 0 Å². The summed E-state index contributed by atoms with van der Waals surface area (Å²) in [4.78, 5) is 4.19. The van der Waals surface area contributed by atoms with Crippen LogP contribution in [0.3, 0.4) is 0 Å². The highest BCUT2D eigenvalue weighted by molar-refractivity contribution is 7.91. The number of aliphatic hydroxyl groups is 1. The van der Waals surface area contributed by atoms with Crippen LogP contribution in [0.5, 0.6) is 0 Å². The molecule has 6 nitrogen and oxygen atoms in total. The van der Waals surface area contributed by atoms with Gasteiger partial charge in [0.1, 0.15) is 9.84 Å². The molecule has 1 N–H and O–H groups in total. The number of aromatic nitrogens is 2. The molecule has 0 saturated carbocycles. The molecule has 0 bridgehead atoms. The van der Waals surface area contributed by atoms with Crippen LogP contribution < -0.4 is 0 Å². The first-order chi connectivity index (χ1) is 8.44. The zero-order chi connectivity index (χ0) is 13.2. The maximum absolute atomic E-state index is 11.3. The van der Waals surface area contributed by atoms with E-state index >= 15 is 0 Å². The monoisotopic (exact) mass is 274 g/mol. The average Bonchev–Trinajstić information content (AvgIpc) is 2.68. The van der Waals surface area contributed by atoms with Crippen LogP contribution >= 0.6 is 0 Å². The fraction of sp³-hybridized carbons (Fsp3) is 0.818. The Hall–Kier alpha value is -0.950. The Morgan fingerprint density at radius 1 is 1.44 bits per heavy atom. The van der Waals surface area contributed by atoms with Crippen LogP contribution in [-0.2, 0) is 22.7 Å². The standard InChI is InChI=1S/C11H18N2O4S/c1-8(14)6-10-12-11(17-13-10)7-9-2-4-18(15,16)5-3-9/h8-9,14H,2-7H2,1H3. The minimum atomic E-state index is -2.82. The van der Waals surface area contributed by atoms with Crippen LogP contribution in [0, 0.1) is 5.92 Å². The van der Waals surface area contributed by atoms with E-state index in [9.17, 15) is 13.5 Å². The molecule has 18 heavy (non-hydrogen) atoms. The van der Waals surface area contributed by atoms with Gasteiger partial charge in [0.2, 0.25) is 5.89 Å². The lowest BCUT2D eigenvalue weighted by molar-refractivity contribution is 0.191. The van der Waals surface area contributed by atoms with E-state index in [1.165, 1.54) is 0 Å². The summed E-state index contributed by atoms with van der Waals surface area (Å²) >= 11 is 0. The van der Waals surface area contributed by atoms with Gasteiger partial charge in [-0.15, -0.1) is 0 Å². The van der Waals surface area contributed by atoms with Crippen LogP contribution in [0.2, 0.25) is 0 Å². The van der Waals surface area contributed by atoms with Crippen LogP contribution in [-0.4, -0.2) is 41.3 Å². The van der Waals surface area contributed by atoms with E-state index < -0.39 is 15.9 Å². The summed E-state index contributed by atoms with van der Waals surface area (Å²) in [5, 5.41) is 13.0. The molecule has 1 aliphatic heterocycles. The number of rotatable bonds is 4. The lowest BCUT2D eigenvalue weighted by Gasteiger charge is -2.19. The minimum Gasteiger partial charge on any atom is -0.393 e. The third kappa shape index (κ3) is 3.78. The van der Waals surface area contributed by atoms with Crippen molar-refractivity contribution in [3.63, 3.8) is 0 Å². The van der Waals surface area contributed by atoms with Crippen LogP contribution in [0.15, 0.2) is 4.52 Å². The molecule has 0 spiro atoms. The molecule has 1 fully saturated rings. The second-order valence-electron chi connectivity index (χ2n) is 4.96. The van der Waals surface area contributed by atoms with Gasteiger partial charge in [0, 0.05) is 12.8 Å². The normalized spacial score (nSPS) is 21.9. The molecule has 0 aliphatic carbocycles. The van der Waals surface area contributed by atoms with Crippen molar-refractivity contribution < 1.29 is 18.0 Å². The molecule has 1 aliphatic rings. The second-order valence-corrected chi connectivity index (χ2v) is 7.26. The first-order valence-electron chi connectivity index (χ1n) is 6.14. The fourth-order valence-electron chi connectivity index (χ4n) is 2.11. The Balaban J connectivity index is 1.88. The minimum absolute atomic E-state index is 0.256. The van der Waals surface area contributed by atoms with Gasteiger partial charge in [-0.2, -0.15) is 4.98 Å². The SMILES string of the molecule is CC(O)Cc1noc(CC2CCS(=O)(=O)CC2)n1. The molecule has 1 aromatic heterocycles. The van der Waals surface area contributed by atoms with Gasteiger partial charge in [-0.05, 0) is 25.7 Å². The molecule has 2 rings (SSSR count). The molecule has 0 aromatic carbocycles. The Bertz CT molecular complexity index is 481. The van der Waals surface area contributed by atoms with Gasteiger partial charge in [-0.3, -0.25) is 0 Å². The summed E-state index contributed by atoms with van der Waals surface area (Å²) in [5.41, 5.74) is 0. The van der Waals surface area contributed by atoms with E-state index in [0.717, 1.165) is 0 Å². The number of hydrogen-bond acceptors (Lipinski definition) is 6. The molecular weight excluding hydrogens is 256 g/mol. The number of aliphatic hydroxyl groups excluding tert-OH is 1. The zero-order valence-electron chi connectivity index (χ0n) is 10.4. The van der Waals surface area contributed by atoms with Gasteiger partial charge in [-0.1, -0.05) is 5.16 Å². The van der Waals surface area contributed by atoms with Crippen molar-refractivity contribution in [1.29, 1.82) is 0 Å². The molecule has 1 aromatic rings. The molecule has 7 heteroatoms. The highest BCUT2D eigenvalue weighted by Crippen LogP contribution is 2.22. The molecule has 0 radical (unpaired) electrons. The number of nitrogens with zero attached hydrogens (tertiary/aromatic N) is 2. The number of sulfone groups is 1. The molecule has 0 amide bonds. The molecule has 102 valence electrons. The van der Waals surface area contributed by atoms with Gasteiger partial charge in [-0.25, -0.2) is 8.42 Å². The molecule has 2 heterocycles. The Morgan fingerprint density at radius 3 is 2.72 bits per heavy atom. The fourth-order valence-corrected chi connectivity index (χ4v) is 3.70. The van der Waals surface area contributed by atoms with Gasteiger partial charge in [0.05, 0.1) is 17.6 Å². The maximum atomic E-state index is 11.3. The van der Waals surface area contributed by atoms with E-state index in [-0.39, 0.29) is 11.5 Å². The third-order valence-corrected chi connectivity index (χ3v) is 4.84.